The topological polar surface area (TPSA) is 23.8 Å². The zero-order chi connectivity index (χ0) is 16.5. The van der Waals surface area contributed by atoms with Crippen LogP contribution in [0.25, 0.3) is 0 Å². The lowest BCUT2D eigenvalue weighted by Gasteiger charge is -2.48. The summed E-state index contributed by atoms with van der Waals surface area (Å²) in [5, 5.41) is 9.95. The minimum absolute atomic E-state index is 0.0645. The largest absolute Gasteiger partial charge is 0.198 e. The summed E-state index contributed by atoms with van der Waals surface area (Å²) in [6.07, 6.45) is 20.3. The van der Waals surface area contributed by atoms with Gasteiger partial charge in [-0.2, -0.15) is 5.26 Å². The van der Waals surface area contributed by atoms with Crippen LogP contribution in [0.15, 0.2) is 0 Å². The molecule has 0 N–H and O–H groups in total. The molecular weight excluding hydrogens is 278 g/mol. The second kappa shape index (κ2) is 9.71. The van der Waals surface area contributed by atoms with Crippen LogP contribution in [0.2, 0.25) is 0 Å². The van der Waals surface area contributed by atoms with Gasteiger partial charge < -0.3 is 0 Å². The highest BCUT2D eigenvalue weighted by Gasteiger charge is 2.47. The van der Waals surface area contributed by atoms with Crippen molar-refractivity contribution in [3.8, 4) is 6.07 Å². The quantitative estimate of drug-likeness (QED) is 0.410. The molecule has 2 fully saturated rings. The van der Waals surface area contributed by atoms with Gasteiger partial charge in [0.05, 0.1) is 11.5 Å². The highest BCUT2D eigenvalue weighted by Crippen LogP contribution is 2.54. The van der Waals surface area contributed by atoms with Crippen molar-refractivity contribution in [3.63, 3.8) is 0 Å². The third-order valence-electron chi connectivity index (χ3n) is 6.88. The molecule has 132 valence electrons. The van der Waals surface area contributed by atoms with E-state index in [1.165, 1.54) is 96.3 Å². The molecule has 4 atom stereocenters. The summed E-state index contributed by atoms with van der Waals surface area (Å²) in [6.45, 7) is 4.59. The molecule has 0 heterocycles. The molecular formula is C22H39N. The maximum absolute atomic E-state index is 9.95. The third-order valence-corrected chi connectivity index (χ3v) is 6.88. The van der Waals surface area contributed by atoms with Gasteiger partial charge in [0, 0.05) is 0 Å². The Kier molecular flexibility index (Phi) is 7.94. The fourth-order valence-corrected chi connectivity index (χ4v) is 5.36. The second-order valence-corrected chi connectivity index (χ2v) is 8.60. The first-order valence-corrected chi connectivity index (χ1v) is 10.6. The van der Waals surface area contributed by atoms with Gasteiger partial charge in [0.15, 0.2) is 0 Å². The predicted molar refractivity (Wildman–Crippen MR) is 99.1 cm³/mol. The summed E-state index contributed by atoms with van der Waals surface area (Å²) in [7, 11) is 0. The highest BCUT2D eigenvalue weighted by atomic mass is 14.5. The van der Waals surface area contributed by atoms with Crippen molar-refractivity contribution in [1.29, 1.82) is 5.26 Å². The molecule has 1 heteroatoms. The predicted octanol–water partition coefficient (Wildman–Crippen LogP) is 7.26. The molecule has 0 aromatic heterocycles. The van der Waals surface area contributed by atoms with Crippen LogP contribution in [-0.4, -0.2) is 0 Å². The second-order valence-electron chi connectivity index (χ2n) is 8.60. The number of fused-ring (bicyclic) bond motifs is 1. The first kappa shape index (κ1) is 18.8. The van der Waals surface area contributed by atoms with Crippen molar-refractivity contribution < 1.29 is 0 Å². The Bertz CT molecular complexity index is 369. The zero-order valence-corrected chi connectivity index (χ0v) is 15.8. The van der Waals surface area contributed by atoms with Crippen molar-refractivity contribution in [2.75, 3.05) is 0 Å². The first-order chi connectivity index (χ1) is 11.2. The van der Waals surface area contributed by atoms with Crippen LogP contribution in [0.1, 0.15) is 110 Å². The molecule has 2 saturated carbocycles. The fourth-order valence-electron chi connectivity index (χ4n) is 5.36. The Morgan fingerprint density at radius 1 is 0.870 bits per heavy atom. The lowest BCUT2D eigenvalue weighted by molar-refractivity contribution is 0.0367. The van der Waals surface area contributed by atoms with Gasteiger partial charge in [0.25, 0.3) is 0 Å². The number of rotatable bonds is 9. The Morgan fingerprint density at radius 3 is 2.35 bits per heavy atom. The maximum Gasteiger partial charge on any atom is 0.0692 e. The number of nitrogens with zero attached hydrogens (tertiary/aromatic N) is 1. The molecule has 2 aliphatic carbocycles. The maximum atomic E-state index is 9.95. The SMILES string of the molecule is CCCCCCC[C@@H]1CC[C@@H]2CC(CCCC)CCC2(C#N)C1. The van der Waals surface area contributed by atoms with E-state index in [9.17, 15) is 5.26 Å². The molecule has 0 saturated heterocycles. The Balaban J connectivity index is 1.79. The lowest BCUT2D eigenvalue weighted by Crippen LogP contribution is -2.40. The van der Waals surface area contributed by atoms with Gasteiger partial charge in [0.2, 0.25) is 0 Å². The van der Waals surface area contributed by atoms with E-state index in [1.807, 2.05) is 0 Å². The minimum atomic E-state index is 0.0645. The average Bonchev–Trinajstić information content (AvgIpc) is 2.59. The van der Waals surface area contributed by atoms with E-state index < -0.39 is 0 Å². The molecule has 2 unspecified atom stereocenters. The van der Waals surface area contributed by atoms with E-state index in [0.29, 0.717) is 0 Å². The first-order valence-electron chi connectivity index (χ1n) is 10.6. The molecule has 0 aliphatic heterocycles. The normalized spacial score (nSPS) is 33.9. The highest BCUT2D eigenvalue weighted by molar-refractivity contribution is 5.08. The van der Waals surface area contributed by atoms with Crippen LogP contribution in [0, 0.1) is 34.5 Å². The molecule has 2 rings (SSSR count). The van der Waals surface area contributed by atoms with Crippen molar-refractivity contribution in [2.45, 2.75) is 110 Å². The molecule has 0 radical (unpaired) electrons. The number of hydrogen-bond donors (Lipinski definition) is 0. The fraction of sp³-hybridized carbons (Fsp3) is 0.955. The molecule has 0 spiro atoms. The van der Waals surface area contributed by atoms with Crippen LogP contribution >= 0.6 is 0 Å². The van der Waals surface area contributed by atoms with E-state index in [2.05, 4.69) is 19.9 Å². The van der Waals surface area contributed by atoms with Crippen molar-refractivity contribution in [3.05, 3.63) is 0 Å². The minimum Gasteiger partial charge on any atom is -0.198 e. The van der Waals surface area contributed by atoms with Gasteiger partial charge in [-0.1, -0.05) is 78.1 Å². The van der Waals surface area contributed by atoms with Crippen molar-refractivity contribution >= 4 is 0 Å². The number of hydrogen-bond acceptors (Lipinski definition) is 1. The molecule has 0 aromatic rings. The van der Waals surface area contributed by atoms with Crippen molar-refractivity contribution in [1.82, 2.24) is 0 Å². The van der Waals surface area contributed by atoms with Gasteiger partial charge in [0.1, 0.15) is 0 Å². The molecule has 0 aromatic carbocycles. The Labute approximate surface area is 145 Å². The summed E-state index contributed by atoms with van der Waals surface area (Å²) in [4.78, 5) is 0. The number of unbranched alkanes of at least 4 members (excludes halogenated alkanes) is 5. The lowest BCUT2D eigenvalue weighted by atomic mass is 9.55. The molecule has 0 bridgehead atoms. The van der Waals surface area contributed by atoms with Crippen LogP contribution in [0.3, 0.4) is 0 Å². The van der Waals surface area contributed by atoms with Gasteiger partial charge in [-0.25, -0.2) is 0 Å². The van der Waals surface area contributed by atoms with Gasteiger partial charge in [-0.05, 0) is 49.9 Å². The van der Waals surface area contributed by atoms with Crippen LogP contribution in [0.4, 0.5) is 0 Å². The van der Waals surface area contributed by atoms with E-state index >= 15 is 0 Å². The molecule has 1 nitrogen and oxygen atoms in total. The summed E-state index contributed by atoms with van der Waals surface area (Å²) >= 11 is 0. The van der Waals surface area contributed by atoms with Gasteiger partial charge in [-0.3, -0.25) is 0 Å². The van der Waals surface area contributed by atoms with Crippen LogP contribution in [-0.2, 0) is 0 Å². The molecule has 23 heavy (non-hydrogen) atoms. The molecule has 2 aliphatic rings. The van der Waals surface area contributed by atoms with E-state index in [0.717, 1.165) is 17.8 Å². The summed E-state index contributed by atoms with van der Waals surface area (Å²) < 4.78 is 0. The standard InChI is InChI=1S/C22H39N/c1-3-5-7-8-9-11-20-12-13-21-16-19(10-6-4-2)14-15-22(21,17-20)18-23/h19-21H,3-17H2,1-2H3/t19?,20-,21-,22?/m1/s1. The average molecular weight is 318 g/mol. The van der Waals surface area contributed by atoms with Gasteiger partial charge >= 0.3 is 0 Å². The third kappa shape index (κ3) is 5.23. The summed E-state index contributed by atoms with van der Waals surface area (Å²) in [5.74, 6) is 2.49. The molecule has 0 amide bonds. The Hall–Kier alpha value is -0.510. The number of nitriles is 1. The van der Waals surface area contributed by atoms with Crippen LogP contribution < -0.4 is 0 Å². The van der Waals surface area contributed by atoms with E-state index in [4.69, 9.17) is 0 Å². The summed E-state index contributed by atoms with van der Waals surface area (Å²) in [6, 6.07) is 2.84. The monoisotopic (exact) mass is 317 g/mol. The zero-order valence-electron chi connectivity index (χ0n) is 15.8. The summed E-state index contributed by atoms with van der Waals surface area (Å²) in [5.41, 5.74) is 0.0645. The smallest absolute Gasteiger partial charge is 0.0692 e. The van der Waals surface area contributed by atoms with E-state index in [1.54, 1.807) is 0 Å². The van der Waals surface area contributed by atoms with Crippen LogP contribution in [0.5, 0.6) is 0 Å². The van der Waals surface area contributed by atoms with Crippen molar-refractivity contribution in [2.24, 2.45) is 23.2 Å². The Morgan fingerprint density at radius 2 is 1.61 bits per heavy atom. The van der Waals surface area contributed by atoms with Gasteiger partial charge in [-0.15, -0.1) is 0 Å². The van der Waals surface area contributed by atoms with E-state index in [-0.39, 0.29) is 5.41 Å².